The highest BCUT2D eigenvalue weighted by molar-refractivity contribution is 5.65. The summed E-state index contributed by atoms with van der Waals surface area (Å²) in [6, 6.07) is 10.5. The first-order chi connectivity index (χ1) is 8.20. The van der Waals surface area contributed by atoms with Crippen LogP contribution in [0.5, 0.6) is 0 Å². The summed E-state index contributed by atoms with van der Waals surface area (Å²) in [7, 11) is 0. The Hall–Kier alpha value is -1.35. The highest BCUT2D eigenvalue weighted by atomic mass is 16.6. The van der Waals surface area contributed by atoms with E-state index in [0.29, 0.717) is 6.61 Å². The third-order valence-corrected chi connectivity index (χ3v) is 1.80. The van der Waals surface area contributed by atoms with E-state index in [1.165, 1.54) is 12.5 Å². The maximum absolute atomic E-state index is 9.82. The Morgan fingerprint density at radius 1 is 1.24 bits per heavy atom. The number of carbonyl (C=O) groups excluding carboxylic acids is 1. The highest BCUT2D eigenvalue weighted by Crippen LogP contribution is 1.96. The zero-order chi connectivity index (χ0) is 12.9. The van der Waals surface area contributed by atoms with E-state index in [-0.39, 0.29) is 5.97 Å². The topological polar surface area (TPSA) is 38.8 Å². The molecule has 1 aliphatic rings. The van der Waals surface area contributed by atoms with Crippen molar-refractivity contribution < 1.29 is 14.3 Å². The minimum atomic E-state index is -0.211. The van der Waals surface area contributed by atoms with Crippen LogP contribution in [0.4, 0.5) is 0 Å². The fourth-order valence-electron chi connectivity index (χ4n) is 0.917. The minimum absolute atomic E-state index is 0.211. The summed E-state index contributed by atoms with van der Waals surface area (Å²) < 4.78 is 8.90. The number of hydrogen-bond donors (Lipinski definition) is 0. The van der Waals surface area contributed by atoms with Gasteiger partial charge in [-0.3, -0.25) is 4.79 Å². The lowest BCUT2D eigenvalue weighted by molar-refractivity contribution is -0.140. The van der Waals surface area contributed by atoms with E-state index in [1.54, 1.807) is 6.92 Å². The molecule has 1 aromatic carbocycles. The van der Waals surface area contributed by atoms with Gasteiger partial charge in [0.25, 0.3) is 0 Å². The van der Waals surface area contributed by atoms with E-state index in [9.17, 15) is 4.79 Å². The molecule has 2 rings (SSSR count). The molecule has 1 heterocycles. The molecule has 17 heavy (non-hydrogen) atoms. The van der Waals surface area contributed by atoms with Crippen molar-refractivity contribution in [3.63, 3.8) is 0 Å². The summed E-state index contributed by atoms with van der Waals surface area (Å²) in [6.45, 7) is 7.82. The number of benzene rings is 1. The molecule has 96 valence electrons. The summed E-state index contributed by atoms with van der Waals surface area (Å²) in [6.07, 6.45) is 1.14. The average Bonchev–Trinajstić information content (AvgIpc) is 3.18. The summed E-state index contributed by atoms with van der Waals surface area (Å²) in [4.78, 5) is 9.82. The van der Waals surface area contributed by atoms with Crippen LogP contribution in [-0.4, -0.2) is 25.8 Å². The molecule has 1 saturated heterocycles. The Bertz CT molecular complexity index is 278. The molecule has 0 spiro atoms. The van der Waals surface area contributed by atoms with Crippen LogP contribution in [0.15, 0.2) is 30.3 Å². The van der Waals surface area contributed by atoms with Crippen molar-refractivity contribution >= 4 is 5.97 Å². The normalized spacial score (nSPS) is 11.2. The first-order valence-electron chi connectivity index (χ1n) is 5.95. The molecule has 0 N–H and O–H groups in total. The van der Waals surface area contributed by atoms with Crippen LogP contribution in [0, 0.1) is 0 Å². The molecule has 0 unspecified atom stereocenters. The van der Waals surface area contributed by atoms with Crippen LogP contribution in [0.3, 0.4) is 0 Å². The predicted molar refractivity (Wildman–Crippen MR) is 68.9 cm³/mol. The molecular weight excluding hydrogens is 216 g/mol. The van der Waals surface area contributed by atoms with Gasteiger partial charge < -0.3 is 9.47 Å². The molecule has 0 amide bonds. The molecule has 1 aliphatic heterocycles. The van der Waals surface area contributed by atoms with Gasteiger partial charge in [0.15, 0.2) is 0 Å². The molecule has 1 aromatic rings. The largest absolute Gasteiger partial charge is 0.466 e. The SMILES string of the molecule is C1CO1.CCOC(C)=O.CCc1ccccc1. The van der Waals surface area contributed by atoms with Crippen molar-refractivity contribution in [1.82, 2.24) is 0 Å². The predicted octanol–water partition coefficient (Wildman–Crippen LogP) is 2.84. The summed E-state index contributed by atoms with van der Waals surface area (Å²) in [5.41, 5.74) is 1.41. The van der Waals surface area contributed by atoms with Gasteiger partial charge >= 0.3 is 5.97 Å². The Kier molecular flexibility index (Phi) is 10.3. The zero-order valence-electron chi connectivity index (χ0n) is 10.9. The van der Waals surface area contributed by atoms with Gasteiger partial charge in [-0.15, -0.1) is 0 Å². The van der Waals surface area contributed by atoms with Crippen molar-refractivity contribution in [2.45, 2.75) is 27.2 Å². The maximum atomic E-state index is 9.82. The van der Waals surface area contributed by atoms with Crippen molar-refractivity contribution in [3.8, 4) is 0 Å². The van der Waals surface area contributed by atoms with E-state index < -0.39 is 0 Å². The third kappa shape index (κ3) is 14.7. The molecular formula is C14H22O3. The van der Waals surface area contributed by atoms with Gasteiger partial charge in [-0.1, -0.05) is 37.3 Å². The minimum Gasteiger partial charge on any atom is -0.466 e. The molecule has 0 bridgehead atoms. The first kappa shape index (κ1) is 15.7. The fourth-order valence-corrected chi connectivity index (χ4v) is 0.917. The van der Waals surface area contributed by atoms with E-state index in [1.807, 2.05) is 6.07 Å². The second-order valence-electron chi connectivity index (χ2n) is 3.38. The van der Waals surface area contributed by atoms with Gasteiger partial charge in [0.1, 0.15) is 0 Å². The fraction of sp³-hybridized carbons (Fsp3) is 0.500. The second-order valence-corrected chi connectivity index (χ2v) is 3.38. The lowest BCUT2D eigenvalue weighted by atomic mass is 10.2. The lowest BCUT2D eigenvalue weighted by Gasteiger charge is -1.89. The Morgan fingerprint density at radius 3 is 1.94 bits per heavy atom. The van der Waals surface area contributed by atoms with E-state index in [0.717, 1.165) is 19.6 Å². The van der Waals surface area contributed by atoms with Crippen molar-refractivity contribution in [1.29, 1.82) is 0 Å². The molecule has 1 fully saturated rings. The summed E-state index contributed by atoms with van der Waals surface area (Å²) in [5.74, 6) is -0.211. The Labute approximate surface area is 104 Å². The molecule has 0 aromatic heterocycles. The summed E-state index contributed by atoms with van der Waals surface area (Å²) >= 11 is 0. The van der Waals surface area contributed by atoms with Gasteiger partial charge in [0.2, 0.25) is 0 Å². The van der Waals surface area contributed by atoms with E-state index in [2.05, 4.69) is 40.7 Å². The molecule has 0 saturated carbocycles. The van der Waals surface area contributed by atoms with Crippen LogP contribution in [0.1, 0.15) is 26.3 Å². The highest BCUT2D eigenvalue weighted by Gasteiger charge is 1.94. The average molecular weight is 238 g/mol. The number of carbonyl (C=O) groups is 1. The van der Waals surface area contributed by atoms with Crippen LogP contribution >= 0.6 is 0 Å². The van der Waals surface area contributed by atoms with Crippen molar-refractivity contribution in [3.05, 3.63) is 35.9 Å². The number of epoxide rings is 1. The number of aryl methyl sites for hydroxylation is 1. The number of hydrogen-bond acceptors (Lipinski definition) is 3. The number of esters is 1. The van der Waals surface area contributed by atoms with Gasteiger partial charge in [-0.05, 0) is 18.9 Å². The van der Waals surface area contributed by atoms with Crippen LogP contribution in [-0.2, 0) is 20.7 Å². The van der Waals surface area contributed by atoms with Crippen molar-refractivity contribution in [2.75, 3.05) is 19.8 Å². The van der Waals surface area contributed by atoms with Gasteiger partial charge in [-0.2, -0.15) is 0 Å². The van der Waals surface area contributed by atoms with Crippen LogP contribution in [0.2, 0.25) is 0 Å². The standard InChI is InChI=1S/C8H10.C4H8O2.C2H4O/c1-2-8-6-4-3-5-7-8;1-3-6-4(2)5;1-2-3-1/h3-7H,2H2,1H3;3H2,1-2H3;1-2H2. The second kappa shape index (κ2) is 11.1. The number of rotatable bonds is 2. The molecule has 3 nitrogen and oxygen atoms in total. The van der Waals surface area contributed by atoms with Gasteiger partial charge in [0, 0.05) is 6.92 Å². The van der Waals surface area contributed by atoms with Crippen LogP contribution < -0.4 is 0 Å². The first-order valence-corrected chi connectivity index (χ1v) is 5.95. The van der Waals surface area contributed by atoms with Gasteiger partial charge in [-0.25, -0.2) is 0 Å². The summed E-state index contributed by atoms with van der Waals surface area (Å²) in [5, 5.41) is 0. The van der Waals surface area contributed by atoms with E-state index in [4.69, 9.17) is 0 Å². The molecule has 0 radical (unpaired) electrons. The lowest BCUT2D eigenvalue weighted by Crippen LogP contribution is -1.95. The Balaban J connectivity index is 0.000000249. The van der Waals surface area contributed by atoms with Crippen molar-refractivity contribution in [2.24, 2.45) is 0 Å². The zero-order valence-corrected chi connectivity index (χ0v) is 10.9. The van der Waals surface area contributed by atoms with E-state index >= 15 is 0 Å². The Morgan fingerprint density at radius 2 is 1.76 bits per heavy atom. The maximum Gasteiger partial charge on any atom is 0.302 e. The smallest absolute Gasteiger partial charge is 0.302 e. The van der Waals surface area contributed by atoms with Crippen LogP contribution in [0.25, 0.3) is 0 Å². The van der Waals surface area contributed by atoms with Gasteiger partial charge in [0.05, 0.1) is 19.8 Å². The quantitative estimate of drug-likeness (QED) is 0.587. The number of ether oxygens (including phenoxy) is 2. The molecule has 3 heteroatoms. The molecule has 0 atom stereocenters. The monoisotopic (exact) mass is 238 g/mol. The molecule has 0 aliphatic carbocycles. The third-order valence-electron chi connectivity index (χ3n) is 1.80.